The van der Waals surface area contributed by atoms with E-state index >= 15 is 0 Å². The lowest BCUT2D eigenvalue weighted by molar-refractivity contribution is -0.123. The normalized spacial score (nSPS) is 11.3. The first-order valence-electron chi connectivity index (χ1n) is 10.1. The van der Waals surface area contributed by atoms with Crippen molar-refractivity contribution in [2.24, 2.45) is 5.41 Å². The van der Waals surface area contributed by atoms with Gasteiger partial charge in [0.05, 0.1) is 13.2 Å². The highest BCUT2D eigenvalue weighted by molar-refractivity contribution is 5.94. The molecule has 0 saturated carbocycles. The first-order valence-corrected chi connectivity index (χ1v) is 10.1. The van der Waals surface area contributed by atoms with E-state index in [-0.39, 0.29) is 5.91 Å². The van der Waals surface area contributed by atoms with Crippen LogP contribution in [0.15, 0.2) is 42.5 Å². The minimum absolute atomic E-state index is 0.0740. The van der Waals surface area contributed by atoms with Crippen LogP contribution < -0.4 is 15.4 Å². The lowest BCUT2D eigenvalue weighted by Crippen LogP contribution is -2.29. The van der Waals surface area contributed by atoms with E-state index in [4.69, 9.17) is 9.47 Å². The molecule has 2 N–H and O–H groups in total. The minimum atomic E-state index is -0.491. The third-order valence-electron chi connectivity index (χ3n) is 4.28. The molecule has 1 aromatic carbocycles. The Morgan fingerprint density at radius 1 is 1.03 bits per heavy atom. The average molecular weight is 400 g/mol. The number of rotatable bonds is 11. The summed E-state index contributed by atoms with van der Waals surface area (Å²) in [6.45, 7) is 8.12. The van der Waals surface area contributed by atoms with Crippen LogP contribution >= 0.6 is 0 Å². The Hall–Kier alpha value is -2.44. The summed E-state index contributed by atoms with van der Waals surface area (Å²) in [6, 6.07) is 13.9. The monoisotopic (exact) mass is 399 g/mol. The first kappa shape index (κ1) is 22.8. The molecule has 158 valence electrons. The molecule has 0 aliphatic carbocycles. The molecular weight excluding hydrogens is 366 g/mol. The number of ether oxygens (including phenoxy) is 2. The fourth-order valence-corrected chi connectivity index (χ4v) is 2.53. The van der Waals surface area contributed by atoms with Crippen molar-refractivity contribution in [1.82, 2.24) is 10.3 Å². The number of benzene rings is 1. The number of carbonyl (C=O) groups is 1. The van der Waals surface area contributed by atoms with Gasteiger partial charge in [0.15, 0.2) is 0 Å². The van der Waals surface area contributed by atoms with Crippen molar-refractivity contribution in [3.63, 3.8) is 0 Å². The minimum Gasteiger partial charge on any atom is -0.478 e. The molecule has 2 rings (SSSR count). The van der Waals surface area contributed by atoms with Crippen molar-refractivity contribution in [2.45, 2.75) is 46.8 Å². The summed E-state index contributed by atoms with van der Waals surface area (Å²) in [6.07, 6.45) is 1.79. The van der Waals surface area contributed by atoms with E-state index in [0.717, 1.165) is 18.4 Å². The van der Waals surface area contributed by atoms with Crippen LogP contribution in [0.3, 0.4) is 0 Å². The molecule has 0 radical (unpaired) electrons. The Bertz CT molecular complexity index is 758. The van der Waals surface area contributed by atoms with E-state index in [1.54, 1.807) is 0 Å². The fourth-order valence-electron chi connectivity index (χ4n) is 2.53. The number of unbranched alkanes of at least 4 members (excludes halogenated alkanes) is 1. The zero-order valence-electron chi connectivity index (χ0n) is 18.0. The Labute approximate surface area is 174 Å². The lowest BCUT2D eigenvalue weighted by Gasteiger charge is -2.19. The summed E-state index contributed by atoms with van der Waals surface area (Å²) in [4.78, 5) is 16.8. The summed E-state index contributed by atoms with van der Waals surface area (Å²) >= 11 is 0. The van der Waals surface area contributed by atoms with Gasteiger partial charge in [-0.05, 0) is 31.5 Å². The van der Waals surface area contributed by atoms with Gasteiger partial charge >= 0.3 is 0 Å². The molecule has 0 atom stereocenters. The molecule has 6 heteroatoms. The van der Waals surface area contributed by atoms with Gasteiger partial charge < -0.3 is 20.1 Å². The van der Waals surface area contributed by atoms with E-state index < -0.39 is 5.41 Å². The number of nitrogens with zero attached hydrogens (tertiary/aromatic N) is 1. The van der Waals surface area contributed by atoms with Gasteiger partial charge in [-0.25, -0.2) is 0 Å². The predicted molar refractivity (Wildman–Crippen MR) is 116 cm³/mol. The number of nitrogens with one attached hydrogen (secondary N) is 2. The number of anilines is 1. The maximum absolute atomic E-state index is 12.3. The van der Waals surface area contributed by atoms with Gasteiger partial charge in [0.2, 0.25) is 11.8 Å². The molecule has 0 aliphatic rings. The van der Waals surface area contributed by atoms with Crippen LogP contribution in [0.5, 0.6) is 5.88 Å². The van der Waals surface area contributed by atoms with Crippen molar-refractivity contribution in [2.75, 3.05) is 25.6 Å². The molecule has 29 heavy (non-hydrogen) atoms. The number of carbonyl (C=O) groups excluding carboxylic acids is 1. The largest absolute Gasteiger partial charge is 0.478 e. The van der Waals surface area contributed by atoms with Gasteiger partial charge in [0.1, 0.15) is 5.82 Å². The van der Waals surface area contributed by atoms with Gasteiger partial charge in [-0.3, -0.25) is 4.79 Å². The highest BCUT2D eigenvalue weighted by atomic mass is 16.5. The molecule has 0 unspecified atom stereocenters. The third-order valence-corrected chi connectivity index (χ3v) is 4.28. The van der Waals surface area contributed by atoms with E-state index in [0.29, 0.717) is 38.1 Å². The van der Waals surface area contributed by atoms with Crippen LogP contribution in [0, 0.1) is 5.41 Å². The maximum atomic E-state index is 12.3. The Kier molecular flexibility index (Phi) is 9.09. The van der Waals surface area contributed by atoms with Crippen LogP contribution in [0.2, 0.25) is 0 Å². The highest BCUT2D eigenvalue weighted by Crippen LogP contribution is 2.22. The topological polar surface area (TPSA) is 72.5 Å². The molecule has 6 nitrogen and oxygen atoms in total. The average Bonchev–Trinajstić information content (AvgIpc) is 2.69. The number of pyridine rings is 1. The molecule has 1 amide bonds. The van der Waals surface area contributed by atoms with Gasteiger partial charge in [-0.2, -0.15) is 4.98 Å². The van der Waals surface area contributed by atoms with Crippen LogP contribution in [0.4, 0.5) is 5.82 Å². The lowest BCUT2D eigenvalue weighted by atomic mass is 9.95. The van der Waals surface area contributed by atoms with E-state index in [9.17, 15) is 4.79 Å². The molecule has 0 fully saturated rings. The summed E-state index contributed by atoms with van der Waals surface area (Å²) in [5.74, 6) is 0.984. The van der Waals surface area contributed by atoms with Crippen molar-refractivity contribution in [3.05, 3.63) is 53.6 Å². The number of hydrogen-bond acceptors (Lipinski definition) is 5. The van der Waals surface area contributed by atoms with Gasteiger partial charge in [0.25, 0.3) is 0 Å². The van der Waals surface area contributed by atoms with E-state index in [1.807, 2.05) is 58.2 Å². The van der Waals surface area contributed by atoms with E-state index in [2.05, 4.69) is 27.8 Å². The first-order chi connectivity index (χ1) is 13.9. The molecule has 2 aromatic rings. The second-order valence-electron chi connectivity index (χ2n) is 7.99. The molecule has 0 bridgehead atoms. The summed E-state index contributed by atoms with van der Waals surface area (Å²) in [5, 5.41) is 6.01. The van der Waals surface area contributed by atoms with Crippen LogP contribution in [0.25, 0.3) is 0 Å². The molecule has 1 aromatic heterocycles. The smallest absolute Gasteiger partial charge is 0.230 e. The third kappa shape index (κ3) is 8.21. The number of hydrogen-bond donors (Lipinski definition) is 2. The quantitative estimate of drug-likeness (QED) is 0.555. The van der Waals surface area contributed by atoms with Gasteiger partial charge in [-0.1, -0.05) is 51.1 Å². The van der Waals surface area contributed by atoms with Crippen LogP contribution in [0.1, 0.15) is 44.7 Å². The Morgan fingerprint density at radius 2 is 1.76 bits per heavy atom. The predicted octanol–water partition coefficient (Wildman–Crippen LogP) is 4.16. The Balaban J connectivity index is 1.78. The second kappa shape index (κ2) is 11.5. The number of aromatic nitrogens is 1. The highest BCUT2D eigenvalue weighted by Gasteiger charge is 2.22. The van der Waals surface area contributed by atoms with Crippen molar-refractivity contribution in [1.29, 1.82) is 0 Å². The maximum Gasteiger partial charge on any atom is 0.230 e. The fraction of sp³-hybridized carbons (Fsp3) is 0.478. The van der Waals surface area contributed by atoms with Crippen molar-refractivity contribution in [3.8, 4) is 5.88 Å². The van der Waals surface area contributed by atoms with Crippen molar-refractivity contribution < 1.29 is 14.3 Å². The zero-order valence-corrected chi connectivity index (χ0v) is 18.0. The Morgan fingerprint density at radius 3 is 2.45 bits per heavy atom. The summed E-state index contributed by atoms with van der Waals surface area (Å²) < 4.78 is 11.5. The SMILES string of the molecule is CNCc1ccc(OCCCCOCc2ccccc2)nc1NC(=O)C(C)(C)C. The van der Waals surface area contributed by atoms with Gasteiger partial charge in [0, 0.05) is 30.2 Å². The number of amides is 1. The second-order valence-corrected chi connectivity index (χ2v) is 7.99. The molecule has 0 saturated heterocycles. The molecular formula is C23H33N3O3. The molecule has 0 aliphatic heterocycles. The molecule has 1 heterocycles. The standard InChI is InChI=1S/C23H33N3O3/c1-23(2,3)22(27)26-21-19(16-24-4)12-13-20(25-21)29-15-9-8-14-28-17-18-10-6-5-7-11-18/h5-7,10-13,24H,8-9,14-17H2,1-4H3,(H,25,26,27). The zero-order chi connectivity index (χ0) is 21.1. The molecule has 0 spiro atoms. The van der Waals surface area contributed by atoms with Crippen LogP contribution in [-0.2, 0) is 22.7 Å². The summed E-state index contributed by atoms with van der Waals surface area (Å²) in [5.41, 5.74) is 1.61. The van der Waals surface area contributed by atoms with Crippen LogP contribution in [-0.4, -0.2) is 31.2 Å². The van der Waals surface area contributed by atoms with Crippen molar-refractivity contribution >= 4 is 11.7 Å². The summed E-state index contributed by atoms with van der Waals surface area (Å²) in [7, 11) is 1.86. The van der Waals surface area contributed by atoms with Gasteiger partial charge in [-0.15, -0.1) is 0 Å². The van der Waals surface area contributed by atoms with E-state index in [1.165, 1.54) is 5.56 Å².